The molecule has 1 aromatic carbocycles. The van der Waals surface area contributed by atoms with Crippen LogP contribution in [0.25, 0.3) is 0 Å². The molecule has 7 heteroatoms. The van der Waals surface area contributed by atoms with E-state index >= 15 is 0 Å². The number of ether oxygens (including phenoxy) is 1. The van der Waals surface area contributed by atoms with E-state index in [2.05, 4.69) is 37.2 Å². The summed E-state index contributed by atoms with van der Waals surface area (Å²) in [6, 6.07) is 10.4. The van der Waals surface area contributed by atoms with Gasteiger partial charge in [0.1, 0.15) is 11.6 Å². The van der Waals surface area contributed by atoms with Crippen LogP contribution in [-0.4, -0.2) is 66.4 Å². The summed E-state index contributed by atoms with van der Waals surface area (Å²) >= 11 is 0. The third kappa shape index (κ3) is 4.87. The van der Waals surface area contributed by atoms with Crippen LogP contribution in [0.1, 0.15) is 17.7 Å². The van der Waals surface area contributed by atoms with E-state index in [1.54, 1.807) is 7.11 Å². The number of rotatable bonds is 7. The average molecular weight is 371 g/mol. The smallest absolute Gasteiger partial charge is 0.227 e. The van der Waals surface area contributed by atoms with Crippen LogP contribution in [-0.2, 0) is 6.54 Å². The quantitative estimate of drug-likeness (QED) is 0.770. The molecule has 1 atom stereocenters. The van der Waals surface area contributed by atoms with E-state index in [-0.39, 0.29) is 12.6 Å². The lowest BCUT2D eigenvalue weighted by Crippen LogP contribution is -2.53. The molecule has 1 fully saturated rings. The third-order valence-corrected chi connectivity index (χ3v) is 4.97. The molecule has 1 aliphatic rings. The van der Waals surface area contributed by atoms with Gasteiger partial charge in [0.2, 0.25) is 5.95 Å². The molecule has 2 heterocycles. The minimum atomic E-state index is 0.170. The Kier molecular flexibility index (Phi) is 6.47. The van der Waals surface area contributed by atoms with E-state index in [9.17, 15) is 5.11 Å². The number of aliphatic hydroxyl groups excluding tert-OH is 1. The van der Waals surface area contributed by atoms with Gasteiger partial charge in [-0.1, -0.05) is 12.1 Å². The Labute approximate surface area is 161 Å². The second-order valence-corrected chi connectivity index (χ2v) is 6.88. The summed E-state index contributed by atoms with van der Waals surface area (Å²) in [6.07, 6.45) is 0.727. The Balaban J connectivity index is 1.73. The minimum Gasteiger partial charge on any atom is -0.497 e. The number of anilines is 2. The average Bonchev–Trinajstić information content (AvgIpc) is 2.69. The lowest BCUT2D eigenvalue weighted by molar-refractivity contribution is 0.135. The lowest BCUT2D eigenvalue weighted by atomic mass is 10.1. The Morgan fingerprint density at radius 1 is 1.26 bits per heavy atom. The maximum absolute atomic E-state index is 9.56. The van der Waals surface area contributed by atoms with Gasteiger partial charge in [-0.3, -0.25) is 4.90 Å². The molecule has 0 spiro atoms. The fourth-order valence-corrected chi connectivity index (χ4v) is 3.53. The number of hydrogen-bond acceptors (Lipinski definition) is 7. The highest BCUT2D eigenvalue weighted by Gasteiger charge is 2.28. The molecule has 1 saturated heterocycles. The first kappa shape index (κ1) is 19.4. The number of piperazine rings is 1. The molecule has 27 heavy (non-hydrogen) atoms. The second-order valence-electron chi connectivity index (χ2n) is 6.88. The Bertz CT molecular complexity index is 755. The molecule has 2 N–H and O–H groups in total. The van der Waals surface area contributed by atoms with Crippen LogP contribution >= 0.6 is 0 Å². The van der Waals surface area contributed by atoms with Crippen molar-refractivity contribution in [2.45, 2.75) is 25.9 Å². The van der Waals surface area contributed by atoms with E-state index < -0.39 is 0 Å². The number of methoxy groups -OCH3 is 1. The molecule has 0 radical (unpaired) electrons. The summed E-state index contributed by atoms with van der Waals surface area (Å²) in [6.45, 7) is 5.55. The van der Waals surface area contributed by atoms with Crippen LogP contribution in [0.3, 0.4) is 0 Å². The van der Waals surface area contributed by atoms with Gasteiger partial charge in [0.05, 0.1) is 7.11 Å². The summed E-state index contributed by atoms with van der Waals surface area (Å²) < 4.78 is 5.34. The number of nitrogens with one attached hydrogen (secondary N) is 1. The van der Waals surface area contributed by atoms with Gasteiger partial charge in [-0.2, -0.15) is 4.98 Å². The molecule has 0 aliphatic carbocycles. The van der Waals surface area contributed by atoms with Crippen LogP contribution in [0.2, 0.25) is 0 Å². The van der Waals surface area contributed by atoms with E-state index in [4.69, 9.17) is 4.74 Å². The standard InChI is InChI=1S/C20H29N5O2/c1-15-11-19(21-2)23-20(22-15)25-9-8-24(17(14-25)7-10-26)13-16-5-4-6-18(12-16)27-3/h4-6,11-12,17,26H,7-10,13-14H2,1-3H3,(H,21,22,23). The van der Waals surface area contributed by atoms with Gasteiger partial charge in [0.15, 0.2) is 0 Å². The molecule has 7 nitrogen and oxygen atoms in total. The lowest BCUT2D eigenvalue weighted by Gasteiger charge is -2.41. The van der Waals surface area contributed by atoms with Gasteiger partial charge in [-0.25, -0.2) is 4.98 Å². The molecule has 0 amide bonds. The summed E-state index contributed by atoms with van der Waals surface area (Å²) in [5, 5.41) is 12.7. The molecule has 0 saturated carbocycles. The van der Waals surface area contributed by atoms with Crippen molar-refractivity contribution in [3.63, 3.8) is 0 Å². The topological polar surface area (TPSA) is 73.8 Å². The zero-order valence-electron chi connectivity index (χ0n) is 16.4. The number of aryl methyl sites for hydroxylation is 1. The van der Waals surface area contributed by atoms with Gasteiger partial charge < -0.3 is 20.1 Å². The maximum atomic E-state index is 9.56. The maximum Gasteiger partial charge on any atom is 0.227 e. The number of aliphatic hydroxyl groups is 1. The van der Waals surface area contributed by atoms with Crippen molar-refractivity contribution in [2.75, 3.05) is 50.6 Å². The van der Waals surface area contributed by atoms with Crippen molar-refractivity contribution in [3.8, 4) is 5.75 Å². The molecule has 1 aromatic heterocycles. The van der Waals surface area contributed by atoms with Crippen LogP contribution < -0.4 is 15.0 Å². The number of aromatic nitrogens is 2. The molecule has 1 unspecified atom stereocenters. The minimum absolute atomic E-state index is 0.170. The fourth-order valence-electron chi connectivity index (χ4n) is 3.53. The predicted molar refractivity (Wildman–Crippen MR) is 107 cm³/mol. The highest BCUT2D eigenvalue weighted by atomic mass is 16.5. The first-order valence-electron chi connectivity index (χ1n) is 9.39. The zero-order valence-corrected chi connectivity index (χ0v) is 16.4. The SMILES string of the molecule is CNc1cc(C)nc(N2CCN(Cc3cccc(OC)c3)C(CCO)C2)n1. The van der Waals surface area contributed by atoms with Crippen LogP contribution in [0.15, 0.2) is 30.3 Å². The normalized spacial score (nSPS) is 17.8. The molecular formula is C20H29N5O2. The van der Waals surface area contributed by atoms with Gasteiger partial charge in [0.25, 0.3) is 0 Å². The number of nitrogens with zero attached hydrogens (tertiary/aromatic N) is 4. The third-order valence-electron chi connectivity index (χ3n) is 4.97. The van der Waals surface area contributed by atoms with E-state index in [0.29, 0.717) is 0 Å². The first-order valence-corrected chi connectivity index (χ1v) is 9.39. The Hall–Kier alpha value is -2.38. The van der Waals surface area contributed by atoms with Crippen molar-refractivity contribution >= 4 is 11.8 Å². The highest BCUT2D eigenvalue weighted by Crippen LogP contribution is 2.22. The molecule has 2 aromatic rings. The van der Waals surface area contributed by atoms with Gasteiger partial charge >= 0.3 is 0 Å². The van der Waals surface area contributed by atoms with Crippen LogP contribution in [0.5, 0.6) is 5.75 Å². The van der Waals surface area contributed by atoms with Crippen molar-refractivity contribution in [1.29, 1.82) is 0 Å². The first-order chi connectivity index (χ1) is 13.1. The van der Waals surface area contributed by atoms with Gasteiger partial charge in [0, 0.05) is 57.6 Å². The summed E-state index contributed by atoms with van der Waals surface area (Å²) in [5.74, 6) is 2.45. The highest BCUT2D eigenvalue weighted by molar-refractivity contribution is 5.43. The van der Waals surface area contributed by atoms with Crippen LogP contribution in [0.4, 0.5) is 11.8 Å². The van der Waals surface area contributed by atoms with Crippen molar-refractivity contribution in [3.05, 3.63) is 41.6 Å². The van der Waals surface area contributed by atoms with E-state index in [0.717, 1.165) is 55.8 Å². The summed E-state index contributed by atoms with van der Waals surface area (Å²) in [4.78, 5) is 13.9. The monoisotopic (exact) mass is 371 g/mol. The summed E-state index contributed by atoms with van der Waals surface area (Å²) in [5.41, 5.74) is 2.16. The van der Waals surface area contributed by atoms with Gasteiger partial charge in [-0.05, 0) is 31.0 Å². The molecule has 1 aliphatic heterocycles. The molecule has 3 rings (SSSR count). The van der Waals surface area contributed by atoms with E-state index in [1.165, 1.54) is 5.56 Å². The zero-order chi connectivity index (χ0) is 19.2. The van der Waals surface area contributed by atoms with Crippen molar-refractivity contribution in [2.24, 2.45) is 0 Å². The van der Waals surface area contributed by atoms with Crippen LogP contribution in [0, 0.1) is 6.92 Å². The predicted octanol–water partition coefficient (Wildman–Crippen LogP) is 1.91. The summed E-state index contributed by atoms with van der Waals surface area (Å²) in [7, 11) is 3.56. The largest absolute Gasteiger partial charge is 0.497 e. The van der Waals surface area contributed by atoms with Crippen molar-refractivity contribution in [1.82, 2.24) is 14.9 Å². The van der Waals surface area contributed by atoms with E-state index in [1.807, 2.05) is 32.2 Å². The number of benzene rings is 1. The molecule has 146 valence electrons. The Morgan fingerprint density at radius 3 is 2.85 bits per heavy atom. The number of hydrogen-bond donors (Lipinski definition) is 2. The van der Waals surface area contributed by atoms with Gasteiger partial charge in [-0.15, -0.1) is 0 Å². The van der Waals surface area contributed by atoms with Crippen molar-refractivity contribution < 1.29 is 9.84 Å². The Morgan fingerprint density at radius 2 is 2.11 bits per heavy atom. The molecular weight excluding hydrogens is 342 g/mol. The molecule has 0 bridgehead atoms. The fraction of sp³-hybridized carbons (Fsp3) is 0.500. The second kappa shape index (κ2) is 9.01.